The smallest absolute Gasteiger partial charge is 0.267 e. The van der Waals surface area contributed by atoms with Gasteiger partial charge in [-0.3, -0.25) is 4.79 Å². The lowest BCUT2D eigenvalue weighted by molar-refractivity contribution is -0.114. The first kappa shape index (κ1) is 13.0. The van der Waals surface area contributed by atoms with Crippen molar-refractivity contribution in [3.05, 3.63) is 65.8 Å². The van der Waals surface area contributed by atoms with Crippen LogP contribution in [0, 0.1) is 0 Å². The topological polar surface area (TPSA) is 47.2 Å². The average Bonchev–Trinajstić information content (AvgIpc) is 2.48. The van der Waals surface area contributed by atoms with Gasteiger partial charge in [0.15, 0.2) is 0 Å². The minimum atomic E-state index is -0.234. The second-order valence-electron chi connectivity index (χ2n) is 4.05. The molecule has 0 saturated heterocycles. The number of carbonyl (C=O) groups is 1. The maximum atomic E-state index is 11.6. The van der Waals surface area contributed by atoms with E-state index in [-0.39, 0.29) is 5.91 Å². The van der Waals surface area contributed by atoms with E-state index in [9.17, 15) is 4.79 Å². The summed E-state index contributed by atoms with van der Waals surface area (Å²) in [6.07, 6.45) is 5.10. The highest BCUT2D eigenvalue weighted by molar-refractivity contribution is 5.93. The van der Waals surface area contributed by atoms with Gasteiger partial charge >= 0.3 is 0 Å². The Hall–Kier alpha value is -2.49. The normalized spacial score (nSPS) is 12.5. The highest BCUT2D eigenvalue weighted by Gasteiger charge is 1.99. The van der Waals surface area contributed by atoms with E-state index < -0.39 is 0 Å². The second-order valence-corrected chi connectivity index (χ2v) is 4.05. The fourth-order valence-electron chi connectivity index (χ4n) is 1.48. The lowest BCUT2D eigenvalue weighted by Crippen LogP contribution is -2.11. The predicted molar refractivity (Wildman–Crippen MR) is 73.6 cm³/mol. The van der Waals surface area contributed by atoms with Crippen molar-refractivity contribution in [2.45, 2.75) is 13.8 Å². The van der Waals surface area contributed by atoms with Gasteiger partial charge in [-0.1, -0.05) is 24.3 Å². The largest absolute Gasteiger partial charge is 0.272 e. The molecule has 0 atom stereocenters. The summed E-state index contributed by atoms with van der Waals surface area (Å²) in [5.41, 5.74) is 1.59. The summed E-state index contributed by atoms with van der Waals surface area (Å²) in [5, 5.41) is 4.79. The highest BCUT2D eigenvalue weighted by Crippen LogP contribution is 2.02. The number of benzene rings is 1. The SMILES string of the molecule is CC=C(C)C(=O)N=c1ccn(-c2ccccc2)nc1. The van der Waals surface area contributed by atoms with E-state index in [1.807, 2.05) is 37.3 Å². The third-order valence-electron chi connectivity index (χ3n) is 2.72. The minimum Gasteiger partial charge on any atom is -0.267 e. The van der Waals surface area contributed by atoms with Crippen LogP contribution in [0.3, 0.4) is 0 Å². The Morgan fingerprint density at radius 2 is 2.00 bits per heavy atom. The van der Waals surface area contributed by atoms with Gasteiger partial charge in [0.2, 0.25) is 0 Å². The molecule has 0 spiro atoms. The second kappa shape index (κ2) is 5.91. The van der Waals surface area contributed by atoms with E-state index in [1.54, 1.807) is 36.1 Å². The van der Waals surface area contributed by atoms with E-state index in [2.05, 4.69) is 10.1 Å². The number of hydrogen-bond acceptors (Lipinski definition) is 2. The van der Waals surface area contributed by atoms with E-state index in [0.717, 1.165) is 5.69 Å². The van der Waals surface area contributed by atoms with Crippen LogP contribution < -0.4 is 5.36 Å². The number of carbonyl (C=O) groups excluding carboxylic acids is 1. The molecule has 2 rings (SSSR count). The molecule has 0 aliphatic heterocycles. The molecule has 0 aliphatic carbocycles. The first-order chi connectivity index (χ1) is 9.20. The number of aromatic nitrogens is 2. The van der Waals surface area contributed by atoms with Crippen LogP contribution in [-0.4, -0.2) is 15.7 Å². The molecule has 1 aromatic heterocycles. The van der Waals surface area contributed by atoms with Crippen molar-refractivity contribution in [3.8, 4) is 5.69 Å². The van der Waals surface area contributed by atoms with Crippen LogP contribution in [0.4, 0.5) is 0 Å². The lowest BCUT2D eigenvalue weighted by Gasteiger charge is -2.03. The van der Waals surface area contributed by atoms with Crippen LogP contribution >= 0.6 is 0 Å². The van der Waals surface area contributed by atoms with Crippen molar-refractivity contribution in [1.29, 1.82) is 0 Å². The number of para-hydroxylation sites is 1. The molecule has 1 aromatic carbocycles. The third kappa shape index (κ3) is 3.25. The zero-order valence-electron chi connectivity index (χ0n) is 10.9. The van der Waals surface area contributed by atoms with Gasteiger partial charge in [-0.2, -0.15) is 5.10 Å². The van der Waals surface area contributed by atoms with Gasteiger partial charge in [0.25, 0.3) is 5.91 Å². The summed E-state index contributed by atoms with van der Waals surface area (Å²) in [5.74, 6) is -0.234. The van der Waals surface area contributed by atoms with Crippen LogP contribution in [0.1, 0.15) is 13.8 Å². The van der Waals surface area contributed by atoms with Crippen LogP contribution in [0.2, 0.25) is 0 Å². The quantitative estimate of drug-likeness (QED) is 0.771. The molecular formula is C15H15N3O. The van der Waals surface area contributed by atoms with Crippen LogP contribution in [0.15, 0.2) is 65.4 Å². The zero-order chi connectivity index (χ0) is 13.7. The summed E-state index contributed by atoms with van der Waals surface area (Å²) >= 11 is 0. The predicted octanol–water partition coefficient (Wildman–Crippen LogP) is 2.27. The third-order valence-corrected chi connectivity index (χ3v) is 2.72. The van der Waals surface area contributed by atoms with Gasteiger partial charge in [-0.25, -0.2) is 9.67 Å². The number of rotatable bonds is 2. The Morgan fingerprint density at radius 3 is 2.58 bits per heavy atom. The Bertz CT molecular complexity index is 649. The monoisotopic (exact) mass is 253 g/mol. The maximum absolute atomic E-state index is 11.6. The van der Waals surface area contributed by atoms with Crippen molar-refractivity contribution in [2.75, 3.05) is 0 Å². The van der Waals surface area contributed by atoms with Gasteiger partial charge in [0, 0.05) is 11.8 Å². The number of allylic oxidation sites excluding steroid dienone is 1. The molecule has 1 amide bonds. The molecule has 0 aliphatic rings. The van der Waals surface area contributed by atoms with Gasteiger partial charge in [0.05, 0.1) is 17.2 Å². The molecule has 0 radical (unpaired) electrons. The van der Waals surface area contributed by atoms with Crippen molar-refractivity contribution in [3.63, 3.8) is 0 Å². The Morgan fingerprint density at radius 1 is 1.26 bits per heavy atom. The fraction of sp³-hybridized carbons (Fsp3) is 0.133. The molecular weight excluding hydrogens is 238 g/mol. The van der Waals surface area contributed by atoms with E-state index in [4.69, 9.17) is 0 Å². The van der Waals surface area contributed by atoms with E-state index >= 15 is 0 Å². The van der Waals surface area contributed by atoms with Crippen molar-refractivity contribution in [1.82, 2.24) is 9.78 Å². The van der Waals surface area contributed by atoms with Gasteiger partial charge in [0.1, 0.15) is 0 Å². The Kier molecular flexibility index (Phi) is 4.03. The molecule has 4 nitrogen and oxygen atoms in total. The first-order valence-electron chi connectivity index (χ1n) is 6.03. The summed E-state index contributed by atoms with van der Waals surface area (Å²) in [6.45, 7) is 3.56. The zero-order valence-corrected chi connectivity index (χ0v) is 10.9. The van der Waals surface area contributed by atoms with Crippen LogP contribution in [0.25, 0.3) is 5.69 Å². The van der Waals surface area contributed by atoms with Gasteiger partial charge < -0.3 is 0 Å². The Labute approximate surface area is 111 Å². The average molecular weight is 253 g/mol. The number of amides is 1. The maximum Gasteiger partial charge on any atom is 0.272 e. The van der Waals surface area contributed by atoms with Gasteiger partial charge in [-0.15, -0.1) is 0 Å². The molecule has 4 heteroatoms. The standard InChI is InChI=1S/C15H15N3O/c1-3-12(2)15(19)17-13-9-10-18(16-11-13)14-7-5-4-6-8-14/h3-11H,1-2H3. The van der Waals surface area contributed by atoms with E-state index in [1.165, 1.54) is 0 Å². The molecule has 1 heterocycles. The lowest BCUT2D eigenvalue weighted by atomic mass is 10.3. The van der Waals surface area contributed by atoms with E-state index in [0.29, 0.717) is 10.9 Å². The van der Waals surface area contributed by atoms with Crippen molar-refractivity contribution in [2.24, 2.45) is 4.99 Å². The molecule has 2 aromatic rings. The molecule has 19 heavy (non-hydrogen) atoms. The van der Waals surface area contributed by atoms with Crippen molar-refractivity contribution >= 4 is 5.91 Å². The summed E-state index contributed by atoms with van der Waals surface area (Å²) in [4.78, 5) is 15.6. The minimum absolute atomic E-state index is 0.234. The molecule has 0 N–H and O–H groups in total. The number of hydrogen-bond donors (Lipinski definition) is 0. The van der Waals surface area contributed by atoms with Crippen molar-refractivity contribution < 1.29 is 4.79 Å². The summed E-state index contributed by atoms with van der Waals surface area (Å²) < 4.78 is 1.73. The first-order valence-corrected chi connectivity index (χ1v) is 6.03. The Balaban J connectivity index is 2.29. The molecule has 0 bridgehead atoms. The number of nitrogens with zero attached hydrogens (tertiary/aromatic N) is 3. The van der Waals surface area contributed by atoms with Gasteiger partial charge in [-0.05, 0) is 32.0 Å². The van der Waals surface area contributed by atoms with Crippen LogP contribution in [0.5, 0.6) is 0 Å². The van der Waals surface area contributed by atoms with Crippen LogP contribution in [-0.2, 0) is 4.79 Å². The summed E-state index contributed by atoms with van der Waals surface area (Å²) in [7, 11) is 0. The fourth-order valence-corrected chi connectivity index (χ4v) is 1.48. The molecule has 96 valence electrons. The summed E-state index contributed by atoms with van der Waals surface area (Å²) in [6, 6.07) is 11.5. The molecule has 0 unspecified atom stereocenters. The molecule has 0 saturated carbocycles. The highest BCUT2D eigenvalue weighted by atomic mass is 16.1. The molecule has 0 fully saturated rings.